The van der Waals surface area contributed by atoms with E-state index < -0.39 is 16.1 Å². The van der Waals surface area contributed by atoms with Gasteiger partial charge in [-0.2, -0.15) is 0 Å². The number of hydrogen-bond acceptors (Lipinski definition) is 6. The zero-order valence-electron chi connectivity index (χ0n) is 20.5. The van der Waals surface area contributed by atoms with Gasteiger partial charge in [0, 0.05) is 48.3 Å². The maximum atomic E-state index is 12.6. The summed E-state index contributed by atoms with van der Waals surface area (Å²) in [7, 11) is -3.56. The number of rotatable bonds is 11. The first-order chi connectivity index (χ1) is 16.5. The van der Waals surface area contributed by atoms with Crippen molar-refractivity contribution >= 4 is 32.5 Å². The number of H-pyrrole nitrogens is 1. The highest BCUT2D eigenvalue weighted by molar-refractivity contribution is 7.92. The second kappa shape index (κ2) is 11.1. The van der Waals surface area contributed by atoms with Crippen LogP contribution in [0.25, 0.3) is 10.9 Å². The number of nitrogens with zero attached hydrogens (tertiary/aromatic N) is 1. The van der Waals surface area contributed by atoms with E-state index in [9.17, 15) is 23.4 Å². The Balaban J connectivity index is 1.63. The van der Waals surface area contributed by atoms with E-state index in [0.717, 1.165) is 22.7 Å². The average molecular weight is 503 g/mol. The quantitative estimate of drug-likeness (QED) is 0.256. The van der Waals surface area contributed by atoms with Crippen molar-refractivity contribution in [2.24, 2.45) is 0 Å². The second-order valence-electron chi connectivity index (χ2n) is 8.73. The molecule has 0 unspecified atom stereocenters. The van der Waals surface area contributed by atoms with Crippen molar-refractivity contribution < 1.29 is 23.4 Å². The monoisotopic (exact) mass is 502 g/mol. The normalized spacial score (nSPS) is 13.5. The molecule has 0 saturated heterocycles. The van der Waals surface area contributed by atoms with Gasteiger partial charge in [0.25, 0.3) is 5.91 Å². The minimum absolute atomic E-state index is 0.0150. The van der Waals surface area contributed by atoms with Gasteiger partial charge in [0.05, 0.1) is 18.0 Å². The Labute approximate surface area is 206 Å². The number of hydrogen-bond donors (Lipinski definition) is 5. The number of sulfonamides is 1. The molecular weight excluding hydrogens is 468 g/mol. The van der Waals surface area contributed by atoms with Crippen LogP contribution in [0.4, 0.5) is 5.69 Å². The molecule has 5 N–H and O–H groups in total. The van der Waals surface area contributed by atoms with E-state index >= 15 is 0 Å². The Morgan fingerprint density at radius 2 is 1.86 bits per heavy atom. The number of benzene rings is 2. The maximum absolute atomic E-state index is 12.6. The summed E-state index contributed by atoms with van der Waals surface area (Å²) in [6.45, 7) is 7.51. The summed E-state index contributed by atoms with van der Waals surface area (Å²) in [4.78, 5) is 17.7. The molecule has 0 radical (unpaired) electrons. The van der Waals surface area contributed by atoms with Crippen molar-refractivity contribution in [3.05, 3.63) is 59.3 Å². The lowest BCUT2D eigenvalue weighted by Crippen LogP contribution is -2.32. The number of anilines is 1. The third-order valence-electron chi connectivity index (χ3n) is 5.95. The van der Waals surface area contributed by atoms with E-state index in [2.05, 4.69) is 15.0 Å². The number of nitrogens with one attached hydrogen (secondary N) is 3. The number of phenols is 1. The number of aromatic hydroxyl groups is 1. The van der Waals surface area contributed by atoms with Crippen molar-refractivity contribution in [1.29, 1.82) is 0 Å². The van der Waals surface area contributed by atoms with Crippen molar-refractivity contribution in [3.63, 3.8) is 0 Å². The molecule has 0 spiro atoms. The predicted octanol–water partition coefficient (Wildman–Crippen LogP) is 2.98. The van der Waals surface area contributed by atoms with Crippen molar-refractivity contribution in [2.75, 3.05) is 30.6 Å². The molecule has 1 aromatic heterocycles. The first-order valence-electron chi connectivity index (χ1n) is 11.6. The summed E-state index contributed by atoms with van der Waals surface area (Å²) in [5.74, 6) is -0.199. The molecule has 0 bridgehead atoms. The molecule has 9 nitrogen and oxygen atoms in total. The van der Waals surface area contributed by atoms with E-state index in [-0.39, 0.29) is 29.9 Å². The lowest BCUT2D eigenvalue weighted by atomic mass is 10.0. The molecule has 1 amide bonds. The van der Waals surface area contributed by atoms with Crippen LogP contribution in [0, 0.1) is 0 Å². The molecule has 1 heterocycles. The fourth-order valence-corrected chi connectivity index (χ4v) is 4.62. The highest BCUT2D eigenvalue weighted by Crippen LogP contribution is 2.28. The summed E-state index contributed by atoms with van der Waals surface area (Å²) in [6.07, 6.45) is 2.74. The van der Waals surface area contributed by atoms with Gasteiger partial charge < -0.3 is 25.4 Å². The fourth-order valence-electron chi connectivity index (χ4n) is 4.06. The molecule has 3 rings (SSSR count). The fraction of sp³-hybridized carbons (Fsp3) is 0.400. The van der Waals surface area contributed by atoms with Gasteiger partial charge in [-0.25, -0.2) is 8.42 Å². The topological polar surface area (TPSA) is 135 Å². The van der Waals surface area contributed by atoms with Crippen LogP contribution in [0.1, 0.15) is 48.4 Å². The van der Waals surface area contributed by atoms with Gasteiger partial charge in [0.2, 0.25) is 10.0 Å². The summed E-state index contributed by atoms with van der Waals surface area (Å²) < 4.78 is 25.2. The van der Waals surface area contributed by atoms with Crippen LogP contribution in [0.15, 0.2) is 42.6 Å². The standard InChI is InChI=1S/C25H34N4O5S/c1-5-29(6-2)25(32)18-7-9-20-19(14-27-21(20)13-18)11-16(3)26-15-24(31)17-8-10-23(30)22(12-17)28-35(4,33)34/h7-10,12-14,16,24,26-28,30-31H,5-6,11,15H2,1-4H3/t16-,24+/m1/s1. The summed E-state index contributed by atoms with van der Waals surface area (Å²) in [6, 6.07) is 10.1. The number of amides is 1. The van der Waals surface area contributed by atoms with E-state index in [1.807, 2.05) is 45.2 Å². The molecule has 190 valence electrons. The lowest BCUT2D eigenvalue weighted by Gasteiger charge is -2.19. The number of phenolic OH excluding ortho intramolecular Hbond substituents is 1. The number of aromatic amines is 1. The minimum atomic E-state index is -3.56. The molecule has 0 aliphatic rings. The van der Waals surface area contributed by atoms with Crippen molar-refractivity contribution in [2.45, 2.75) is 39.3 Å². The molecule has 0 saturated carbocycles. The van der Waals surface area contributed by atoms with Gasteiger partial charge in [-0.15, -0.1) is 0 Å². The van der Waals surface area contributed by atoms with Crippen molar-refractivity contribution in [1.82, 2.24) is 15.2 Å². The van der Waals surface area contributed by atoms with E-state index in [1.165, 1.54) is 12.1 Å². The molecule has 2 aromatic carbocycles. The van der Waals surface area contributed by atoms with Gasteiger partial charge in [0.1, 0.15) is 5.75 Å². The molecule has 2 atom stereocenters. The molecular formula is C25H34N4O5S. The second-order valence-corrected chi connectivity index (χ2v) is 10.5. The van der Waals surface area contributed by atoms with Gasteiger partial charge in [-0.1, -0.05) is 12.1 Å². The number of carbonyl (C=O) groups is 1. The van der Waals surface area contributed by atoms with Crippen LogP contribution in [-0.2, 0) is 16.4 Å². The highest BCUT2D eigenvalue weighted by Gasteiger charge is 2.17. The lowest BCUT2D eigenvalue weighted by molar-refractivity contribution is 0.0773. The van der Waals surface area contributed by atoms with Gasteiger partial charge >= 0.3 is 0 Å². The largest absolute Gasteiger partial charge is 0.506 e. The minimum Gasteiger partial charge on any atom is -0.506 e. The molecule has 0 aliphatic carbocycles. The molecule has 3 aromatic rings. The maximum Gasteiger partial charge on any atom is 0.253 e. The smallest absolute Gasteiger partial charge is 0.253 e. The average Bonchev–Trinajstić information content (AvgIpc) is 3.20. The van der Waals surface area contributed by atoms with Crippen molar-refractivity contribution in [3.8, 4) is 5.75 Å². The number of fused-ring (bicyclic) bond motifs is 1. The SMILES string of the molecule is CCN(CC)C(=O)c1ccc2c(C[C@@H](C)NC[C@H](O)c3ccc(O)c(NS(C)(=O)=O)c3)c[nH]c2c1. The Morgan fingerprint density at radius 3 is 2.51 bits per heavy atom. The molecule has 35 heavy (non-hydrogen) atoms. The van der Waals surface area contributed by atoms with Crippen LogP contribution in [-0.4, -0.2) is 66.4 Å². The van der Waals surface area contributed by atoms with Gasteiger partial charge in [0.15, 0.2) is 0 Å². The van der Waals surface area contributed by atoms with Crippen LogP contribution >= 0.6 is 0 Å². The first kappa shape index (κ1) is 26.5. The predicted molar refractivity (Wildman–Crippen MR) is 138 cm³/mol. The van der Waals surface area contributed by atoms with Crippen LogP contribution in [0.5, 0.6) is 5.75 Å². The zero-order valence-corrected chi connectivity index (χ0v) is 21.3. The zero-order chi connectivity index (χ0) is 25.8. The number of aromatic nitrogens is 1. The van der Waals surface area contributed by atoms with Crippen LogP contribution < -0.4 is 10.0 Å². The Hall–Kier alpha value is -3.08. The van der Waals surface area contributed by atoms with E-state index in [0.29, 0.717) is 30.6 Å². The number of aliphatic hydroxyl groups is 1. The van der Waals surface area contributed by atoms with Crippen LogP contribution in [0.3, 0.4) is 0 Å². The molecule has 0 fully saturated rings. The van der Waals surface area contributed by atoms with E-state index in [1.54, 1.807) is 11.0 Å². The third-order valence-corrected chi connectivity index (χ3v) is 6.54. The highest BCUT2D eigenvalue weighted by atomic mass is 32.2. The number of aliphatic hydroxyl groups excluding tert-OH is 1. The Bertz CT molecular complexity index is 1280. The molecule has 10 heteroatoms. The van der Waals surface area contributed by atoms with Crippen LogP contribution in [0.2, 0.25) is 0 Å². The van der Waals surface area contributed by atoms with E-state index in [4.69, 9.17) is 0 Å². The summed E-state index contributed by atoms with van der Waals surface area (Å²) in [5, 5.41) is 24.8. The van der Waals surface area contributed by atoms with Gasteiger partial charge in [-0.3, -0.25) is 9.52 Å². The summed E-state index contributed by atoms with van der Waals surface area (Å²) >= 11 is 0. The molecule has 0 aliphatic heterocycles. The first-order valence-corrected chi connectivity index (χ1v) is 13.5. The third kappa shape index (κ3) is 6.74. The Kier molecular flexibility index (Phi) is 8.42. The number of carbonyl (C=O) groups excluding carboxylic acids is 1. The van der Waals surface area contributed by atoms with Gasteiger partial charge in [-0.05, 0) is 62.6 Å². The summed E-state index contributed by atoms with van der Waals surface area (Å²) in [5.41, 5.74) is 3.16. The Morgan fingerprint density at radius 1 is 1.14 bits per heavy atom.